The Hall–Kier alpha value is -4.46. The molecule has 3 amide bonds. The Labute approximate surface area is 183 Å². The van der Waals surface area contributed by atoms with Crippen LogP contribution in [0.15, 0.2) is 83.7 Å². The molecule has 2 aromatic carbocycles. The summed E-state index contributed by atoms with van der Waals surface area (Å²) in [4.78, 5) is 39.2. The molecule has 5 rings (SSSR count). The molecule has 1 N–H and O–H groups in total. The van der Waals surface area contributed by atoms with Crippen molar-refractivity contribution in [3.63, 3.8) is 0 Å². The molecule has 32 heavy (non-hydrogen) atoms. The van der Waals surface area contributed by atoms with Gasteiger partial charge in [-0.2, -0.15) is 5.10 Å². The van der Waals surface area contributed by atoms with Crippen LogP contribution in [0, 0.1) is 0 Å². The Balaban J connectivity index is 1.30. The zero-order chi connectivity index (χ0) is 22.1. The fourth-order valence-electron chi connectivity index (χ4n) is 3.62. The van der Waals surface area contributed by atoms with Gasteiger partial charge in [0.15, 0.2) is 0 Å². The van der Waals surface area contributed by atoms with E-state index in [1.54, 1.807) is 29.2 Å². The number of hydrogen-bond donors (Lipinski definition) is 1. The molecule has 0 saturated heterocycles. The maximum absolute atomic E-state index is 12.8. The lowest BCUT2D eigenvalue weighted by atomic mass is 10.1. The number of carbonyl (C=O) groups excluding carboxylic acids is 3. The van der Waals surface area contributed by atoms with E-state index in [0.717, 1.165) is 10.5 Å². The van der Waals surface area contributed by atoms with Gasteiger partial charge in [0.25, 0.3) is 17.7 Å². The molecule has 0 radical (unpaired) electrons. The van der Waals surface area contributed by atoms with Gasteiger partial charge in [0.2, 0.25) is 0 Å². The molecule has 1 aliphatic heterocycles. The van der Waals surface area contributed by atoms with Crippen molar-refractivity contribution in [1.29, 1.82) is 0 Å². The second-order valence-corrected chi connectivity index (χ2v) is 7.40. The number of nitrogens with one attached hydrogen (secondary N) is 1. The Morgan fingerprint density at radius 1 is 0.938 bits per heavy atom. The van der Waals surface area contributed by atoms with Crippen molar-refractivity contribution in [3.05, 3.63) is 107 Å². The summed E-state index contributed by atoms with van der Waals surface area (Å²) < 4.78 is 6.97. The van der Waals surface area contributed by atoms with E-state index >= 15 is 0 Å². The van der Waals surface area contributed by atoms with Gasteiger partial charge in [-0.1, -0.05) is 30.3 Å². The minimum atomic E-state index is -0.452. The molecule has 3 heterocycles. The molecule has 0 aliphatic carbocycles. The number of rotatable bonds is 6. The van der Waals surface area contributed by atoms with Gasteiger partial charge in [0.05, 0.1) is 42.4 Å². The van der Waals surface area contributed by atoms with Crippen molar-refractivity contribution < 1.29 is 18.8 Å². The fourth-order valence-corrected chi connectivity index (χ4v) is 3.62. The van der Waals surface area contributed by atoms with Gasteiger partial charge in [-0.25, -0.2) is 0 Å². The van der Waals surface area contributed by atoms with E-state index in [1.807, 2.05) is 30.3 Å². The molecule has 8 heteroatoms. The van der Waals surface area contributed by atoms with Gasteiger partial charge in [-0.05, 0) is 35.9 Å². The minimum absolute atomic E-state index is 0.0431. The molecule has 0 saturated carbocycles. The average Bonchev–Trinajstić information content (AvgIpc) is 3.53. The molecule has 158 valence electrons. The summed E-state index contributed by atoms with van der Waals surface area (Å²) in [6.45, 7) is 0.624. The molecule has 8 nitrogen and oxygen atoms in total. The number of hydrogen-bond acceptors (Lipinski definition) is 5. The number of carbonyl (C=O) groups is 3. The lowest BCUT2D eigenvalue weighted by Gasteiger charge is -2.11. The van der Waals surface area contributed by atoms with E-state index in [4.69, 9.17) is 4.42 Å². The number of imide groups is 1. The van der Waals surface area contributed by atoms with Gasteiger partial charge in [-0.15, -0.1) is 0 Å². The third-order valence-electron chi connectivity index (χ3n) is 5.21. The number of fused-ring (bicyclic) bond motifs is 1. The molecule has 0 fully saturated rings. The number of benzene rings is 2. The van der Waals surface area contributed by atoms with Crippen LogP contribution in [0.3, 0.4) is 0 Å². The number of amides is 3. The second-order valence-electron chi connectivity index (χ2n) is 7.40. The zero-order valence-electron chi connectivity index (χ0n) is 16.9. The SMILES string of the molecule is O=C(Nc1cnn(Cc2ccccc2)c1)c1ccc2c(c1)C(=O)N(Cc1ccco1)C2=O. The molecule has 0 unspecified atom stereocenters. The van der Waals surface area contributed by atoms with E-state index in [0.29, 0.717) is 18.0 Å². The summed E-state index contributed by atoms with van der Waals surface area (Å²) in [6.07, 6.45) is 4.78. The summed E-state index contributed by atoms with van der Waals surface area (Å²) in [5.74, 6) is -0.746. The first-order valence-electron chi connectivity index (χ1n) is 9.99. The van der Waals surface area contributed by atoms with Gasteiger partial charge in [0, 0.05) is 11.8 Å². The Kier molecular flexibility index (Phi) is 4.87. The molecule has 4 aromatic rings. The van der Waals surface area contributed by atoms with Crippen molar-refractivity contribution in [1.82, 2.24) is 14.7 Å². The third kappa shape index (κ3) is 3.69. The maximum Gasteiger partial charge on any atom is 0.261 e. The number of furan rings is 1. The predicted molar refractivity (Wildman–Crippen MR) is 115 cm³/mol. The highest BCUT2D eigenvalue weighted by atomic mass is 16.3. The van der Waals surface area contributed by atoms with Crippen LogP contribution in [0.1, 0.15) is 42.4 Å². The lowest BCUT2D eigenvalue weighted by Crippen LogP contribution is -2.28. The summed E-state index contributed by atoms with van der Waals surface area (Å²) in [5.41, 5.74) is 2.38. The van der Waals surface area contributed by atoms with Crippen LogP contribution in [-0.2, 0) is 13.1 Å². The van der Waals surface area contributed by atoms with Crippen LogP contribution in [0.5, 0.6) is 0 Å². The fraction of sp³-hybridized carbons (Fsp3) is 0.0833. The monoisotopic (exact) mass is 426 g/mol. The molecule has 0 spiro atoms. The van der Waals surface area contributed by atoms with E-state index in [2.05, 4.69) is 10.4 Å². The van der Waals surface area contributed by atoms with Crippen molar-refractivity contribution in [2.45, 2.75) is 13.1 Å². The summed E-state index contributed by atoms with van der Waals surface area (Å²) in [7, 11) is 0. The van der Waals surface area contributed by atoms with E-state index in [1.165, 1.54) is 24.5 Å². The standard InChI is InChI=1S/C24H18N4O4/c29-22(26-18-12-25-27(14-18)13-16-5-2-1-3-6-16)17-8-9-20-21(11-17)24(31)28(23(20)30)15-19-7-4-10-32-19/h1-12,14H,13,15H2,(H,26,29). The predicted octanol–water partition coefficient (Wildman–Crippen LogP) is 3.57. The number of anilines is 1. The molecule has 2 aromatic heterocycles. The quantitative estimate of drug-likeness (QED) is 0.476. The summed E-state index contributed by atoms with van der Waals surface area (Å²) in [5, 5.41) is 7.05. The normalized spacial score (nSPS) is 12.8. The molecule has 0 atom stereocenters. The number of aromatic nitrogens is 2. The first kappa shape index (κ1) is 19.5. The Morgan fingerprint density at radius 3 is 2.53 bits per heavy atom. The number of nitrogens with zero attached hydrogens (tertiary/aromatic N) is 3. The van der Waals surface area contributed by atoms with Crippen LogP contribution in [0.4, 0.5) is 5.69 Å². The second kappa shape index (κ2) is 7.99. The van der Waals surface area contributed by atoms with Crippen molar-refractivity contribution in [3.8, 4) is 0 Å². The van der Waals surface area contributed by atoms with Crippen molar-refractivity contribution >= 4 is 23.4 Å². The van der Waals surface area contributed by atoms with Crippen LogP contribution in [0.25, 0.3) is 0 Å². The van der Waals surface area contributed by atoms with Gasteiger partial charge < -0.3 is 9.73 Å². The van der Waals surface area contributed by atoms with Gasteiger partial charge in [0.1, 0.15) is 5.76 Å². The summed E-state index contributed by atoms with van der Waals surface area (Å²) >= 11 is 0. The molecule has 1 aliphatic rings. The molecule has 0 bridgehead atoms. The van der Waals surface area contributed by atoms with Crippen LogP contribution in [-0.4, -0.2) is 32.4 Å². The smallest absolute Gasteiger partial charge is 0.261 e. The highest BCUT2D eigenvalue weighted by molar-refractivity contribution is 6.22. The summed E-state index contributed by atoms with van der Waals surface area (Å²) in [6, 6.07) is 17.7. The Morgan fingerprint density at radius 2 is 1.75 bits per heavy atom. The van der Waals surface area contributed by atoms with Crippen LogP contribution in [0.2, 0.25) is 0 Å². The highest BCUT2D eigenvalue weighted by Crippen LogP contribution is 2.26. The maximum atomic E-state index is 12.8. The van der Waals surface area contributed by atoms with Gasteiger partial charge >= 0.3 is 0 Å². The van der Waals surface area contributed by atoms with E-state index in [-0.39, 0.29) is 23.2 Å². The topological polar surface area (TPSA) is 97.4 Å². The van der Waals surface area contributed by atoms with Crippen LogP contribution < -0.4 is 5.32 Å². The molecular weight excluding hydrogens is 408 g/mol. The van der Waals surface area contributed by atoms with Gasteiger partial charge in [-0.3, -0.25) is 24.0 Å². The zero-order valence-corrected chi connectivity index (χ0v) is 16.9. The minimum Gasteiger partial charge on any atom is -0.467 e. The van der Waals surface area contributed by atoms with E-state index in [9.17, 15) is 14.4 Å². The van der Waals surface area contributed by atoms with Crippen LogP contribution >= 0.6 is 0 Å². The first-order valence-corrected chi connectivity index (χ1v) is 9.99. The van der Waals surface area contributed by atoms with Crippen molar-refractivity contribution in [2.24, 2.45) is 0 Å². The lowest BCUT2D eigenvalue weighted by molar-refractivity contribution is 0.0631. The van der Waals surface area contributed by atoms with Crippen molar-refractivity contribution in [2.75, 3.05) is 5.32 Å². The van der Waals surface area contributed by atoms with E-state index < -0.39 is 17.7 Å². The molecular formula is C24H18N4O4. The Bertz CT molecular complexity index is 1310. The third-order valence-corrected chi connectivity index (χ3v) is 5.21. The average molecular weight is 426 g/mol. The largest absolute Gasteiger partial charge is 0.467 e. The highest BCUT2D eigenvalue weighted by Gasteiger charge is 2.36. The first-order chi connectivity index (χ1) is 15.6.